The summed E-state index contributed by atoms with van der Waals surface area (Å²) in [6.45, 7) is -0.806. The molecule has 214 valence electrons. The minimum atomic E-state index is -4.24. The average Bonchev–Trinajstić information content (AvgIpc) is 3.54. The van der Waals surface area contributed by atoms with Gasteiger partial charge in [-0.05, 0) is 48.2 Å². The monoisotopic (exact) mass is 613 g/mol. The first-order valence-corrected chi connectivity index (χ1v) is 15.6. The highest BCUT2D eigenvalue weighted by atomic mass is 35.5. The van der Waals surface area contributed by atoms with Crippen molar-refractivity contribution in [2.45, 2.75) is 55.6 Å². The first-order valence-electron chi connectivity index (χ1n) is 13.4. The standard InChI is InChI=1S/C30H29Cl2N3O5S/c31-24-15-14-21(16-25(24)32)18-34(28(36)19-35-30(38)23-12-6-7-13-27(23)41(35,39)40)26(17-20-8-2-1-3-9-20)29(37)33-22-10-4-5-11-22/h1-3,6-9,12-16,22,26H,4-5,10-11,17-19H2,(H,33,37)/t26-/m1/s1. The zero-order valence-corrected chi connectivity index (χ0v) is 24.5. The number of fused-ring (bicyclic) bond motifs is 1. The van der Waals surface area contributed by atoms with E-state index in [-0.39, 0.29) is 40.4 Å². The summed E-state index contributed by atoms with van der Waals surface area (Å²) in [5.41, 5.74) is 1.43. The van der Waals surface area contributed by atoms with Gasteiger partial charge in [-0.15, -0.1) is 0 Å². The maximum Gasteiger partial charge on any atom is 0.269 e. The van der Waals surface area contributed by atoms with Gasteiger partial charge in [0.1, 0.15) is 17.5 Å². The van der Waals surface area contributed by atoms with Gasteiger partial charge >= 0.3 is 0 Å². The summed E-state index contributed by atoms with van der Waals surface area (Å²) in [7, 11) is -4.24. The molecule has 0 spiro atoms. The molecule has 1 aliphatic carbocycles. The van der Waals surface area contributed by atoms with E-state index in [0.717, 1.165) is 31.2 Å². The Morgan fingerprint density at radius 1 is 0.927 bits per heavy atom. The molecule has 0 bridgehead atoms. The van der Waals surface area contributed by atoms with Crippen molar-refractivity contribution in [1.82, 2.24) is 14.5 Å². The molecular formula is C30H29Cl2N3O5S. The molecule has 1 N–H and O–H groups in total. The molecule has 0 saturated heterocycles. The van der Waals surface area contributed by atoms with E-state index in [4.69, 9.17) is 23.2 Å². The Morgan fingerprint density at radius 2 is 1.61 bits per heavy atom. The number of nitrogens with one attached hydrogen (secondary N) is 1. The predicted octanol–water partition coefficient (Wildman–Crippen LogP) is 4.84. The van der Waals surface area contributed by atoms with Crippen molar-refractivity contribution < 1.29 is 22.8 Å². The second kappa shape index (κ2) is 12.2. The Labute approximate surface area is 249 Å². The van der Waals surface area contributed by atoms with Crippen LogP contribution in [0.2, 0.25) is 10.0 Å². The SMILES string of the molecule is O=C(NC1CCCC1)[C@@H](Cc1ccccc1)N(Cc1ccc(Cl)c(Cl)c1)C(=O)CN1C(=O)c2ccccc2S1(=O)=O. The lowest BCUT2D eigenvalue weighted by molar-refractivity contribution is -0.141. The van der Waals surface area contributed by atoms with Gasteiger partial charge in [0.2, 0.25) is 11.8 Å². The molecule has 0 unspecified atom stereocenters. The van der Waals surface area contributed by atoms with Gasteiger partial charge in [-0.25, -0.2) is 12.7 Å². The molecule has 1 fully saturated rings. The van der Waals surface area contributed by atoms with Gasteiger partial charge in [0.05, 0.1) is 15.6 Å². The van der Waals surface area contributed by atoms with Crippen LogP contribution in [0.4, 0.5) is 0 Å². The minimum absolute atomic E-state index is 0.00209. The Morgan fingerprint density at radius 3 is 2.29 bits per heavy atom. The lowest BCUT2D eigenvalue weighted by Gasteiger charge is -2.33. The highest BCUT2D eigenvalue weighted by Crippen LogP contribution is 2.31. The second-order valence-electron chi connectivity index (χ2n) is 10.3. The third-order valence-corrected chi connectivity index (χ3v) is 10.0. The largest absolute Gasteiger partial charge is 0.352 e. The lowest BCUT2D eigenvalue weighted by atomic mass is 10.0. The molecule has 5 rings (SSSR count). The number of amides is 3. The summed E-state index contributed by atoms with van der Waals surface area (Å²) < 4.78 is 27.1. The Bertz CT molecular complexity index is 1580. The van der Waals surface area contributed by atoms with E-state index >= 15 is 0 Å². The van der Waals surface area contributed by atoms with Crippen molar-refractivity contribution in [3.63, 3.8) is 0 Å². The van der Waals surface area contributed by atoms with Gasteiger partial charge in [-0.2, -0.15) is 0 Å². The van der Waals surface area contributed by atoms with Crippen LogP contribution in [-0.4, -0.2) is 54.0 Å². The second-order valence-corrected chi connectivity index (χ2v) is 12.9. The van der Waals surface area contributed by atoms with Gasteiger partial charge in [-0.1, -0.05) is 84.6 Å². The van der Waals surface area contributed by atoms with Crippen molar-refractivity contribution in [3.8, 4) is 0 Å². The maximum absolute atomic E-state index is 14.0. The van der Waals surface area contributed by atoms with Crippen molar-refractivity contribution in [2.24, 2.45) is 0 Å². The highest BCUT2D eigenvalue weighted by Gasteiger charge is 2.43. The van der Waals surface area contributed by atoms with Crippen molar-refractivity contribution in [1.29, 1.82) is 0 Å². The minimum Gasteiger partial charge on any atom is -0.352 e. The number of halogens is 2. The molecule has 2 aliphatic rings. The molecule has 8 nitrogen and oxygen atoms in total. The molecule has 1 saturated carbocycles. The zero-order chi connectivity index (χ0) is 29.1. The topological polar surface area (TPSA) is 104 Å². The van der Waals surface area contributed by atoms with Crippen molar-refractivity contribution >= 4 is 50.9 Å². The lowest BCUT2D eigenvalue weighted by Crippen LogP contribution is -2.54. The summed E-state index contributed by atoms with van der Waals surface area (Å²) in [6, 6.07) is 19.0. The van der Waals surface area contributed by atoms with Crippen LogP contribution in [0.25, 0.3) is 0 Å². The van der Waals surface area contributed by atoms with Gasteiger partial charge in [-0.3, -0.25) is 14.4 Å². The molecule has 41 heavy (non-hydrogen) atoms. The van der Waals surface area contributed by atoms with Gasteiger partial charge < -0.3 is 10.2 Å². The van der Waals surface area contributed by atoms with E-state index in [2.05, 4.69) is 5.32 Å². The summed E-state index contributed by atoms with van der Waals surface area (Å²) in [5.74, 6) is -1.81. The molecular weight excluding hydrogens is 585 g/mol. The van der Waals surface area contributed by atoms with Crippen LogP contribution in [0.3, 0.4) is 0 Å². The smallest absolute Gasteiger partial charge is 0.269 e. The molecule has 1 atom stereocenters. The summed E-state index contributed by atoms with van der Waals surface area (Å²) in [4.78, 5) is 42.2. The molecule has 0 aromatic heterocycles. The molecule has 3 aromatic carbocycles. The zero-order valence-electron chi connectivity index (χ0n) is 22.1. The van der Waals surface area contributed by atoms with Crippen LogP contribution in [0.15, 0.2) is 77.7 Å². The van der Waals surface area contributed by atoms with E-state index < -0.39 is 34.4 Å². The number of carbonyl (C=O) groups is 3. The number of carbonyl (C=O) groups excluding carboxylic acids is 3. The Hall–Kier alpha value is -3.40. The third kappa shape index (κ3) is 6.27. The molecule has 3 amide bonds. The number of rotatable bonds is 9. The fourth-order valence-electron chi connectivity index (χ4n) is 5.36. The van der Waals surface area contributed by atoms with Crippen LogP contribution in [0.1, 0.15) is 47.2 Å². The van der Waals surface area contributed by atoms with Crippen LogP contribution >= 0.6 is 23.2 Å². The molecule has 3 aromatic rings. The number of hydrogen-bond acceptors (Lipinski definition) is 5. The van der Waals surface area contributed by atoms with Gasteiger partial charge in [0.15, 0.2) is 0 Å². The Balaban J connectivity index is 1.51. The van der Waals surface area contributed by atoms with Crippen LogP contribution in [0.5, 0.6) is 0 Å². The van der Waals surface area contributed by atoms with E-state index in [1.165, 1.54) is 23.1 Å². The number of benzene rings is 3. The van der Waals surface area contributed by atoms with Crippen LogP contribution < -0.4 is 5.32 Å². The van der Waals surface area contributed by atoms with Gasteiger partial charge in [0, 0.05) is 19.0 Å². The summed E-state index contributed by atoms with van der Waals surface area (Å²) >= 11 is 12.4. The number of sulfonamides is 1. The van der Waals surface area contributed by atoms with Crippen molar-refractivity contribution in [3.05, 3.63) is 99.5 Å². The molecule has 1 aliphatic heterocycles. The quantitative estimate of drug-likeness (QED) is 0.372. The van der Waals surface area contributed by atoms with Crippen molar-refractivity contribution in [2.75, 3.05) is 6.54 Å². The Kier molecular flexibility index (Phi) is 8.68. The summed E-state index contributed by atoms with van der Waals surface area (Å²) in [6.07, 6.45) is 3.91. The molecule has 1 heterocycles. The first-order chi connectivity index (χ1) is 19.6. The van der Waals surface area contributed by atoms with E-state index in [1.54, 1.807) is 24.3 Å². The average molecular weight is 615 g/mol. The number of hydrogen-bond donors (Lipinski definition) is 1. The molecule has 11 heteroatoms. The fourth-order valence-corrected chi connectivity index (χ4v) is 7.20. The number of nitrogens with zero attached hydrogens (tertiary/aromatic N) is 2. The van der Waals surface area contributed by atoms with Crippen LogP contribution in [-0.2, 0) is 32.6 Å². The summed E-state index contributed by atoms with van der Waals surface area (Å²) in [5, 5.41) is 3.71. The first kappa shape index (κ1) is 29.1. The fraction of sp³-hybridized carbons (Fsp3) is 0.300. The maximum atomic E-state index is 14.0. The predicted molar refractivity (Wildman–Crippen MR) is 156 cm³/mol. The van der Waals surface area contributed by atoms with E-state index in [0.29, 0.717) is 14.9 Å². The van der Waals surface area contributed by atoms with E-state index in [1.807, 2.05) is 30.3 Å². The van der Waals surface area contributed by atoms with Gasteiger partial charge in [0.25, 0.3) is 15.9 Å². The van der Waals surface area contributed by atoms with E-state index in [9.17, 15) is 22.8 Å². The molecule has 0 radical (unpaired) electrons. The third-order valence-electron chi connectivity index (χ3n) is 7.50. The normalized spacial score (nSPS) is 16.8. The van der Waals surface area contributed by atoms with Crippen LogP contribution in [0, 0.1) is 0 Å². The highest BCUT2D eigenvalue weighted by molar-refractivity contribution is 7.90.